The molecular weight excluding hydrogens is 377 g/mol. The number of hydrogen-bond acceptors (Lipinski definition) is 4. The summed E-state index contributed by atoms with van der Waals surface area (Å²) in [5.41, 5.74) is -0.462. The summed E-state index contributed by atoms with van der Waals surface area (Å²) in [6.07, 6.45) is -4.04. The zero-order valence-electron chi connectivity index (χ0n) is 14.8. The third kappa shape index (κ3) is 6.58. The second-order valence-corrected chi connectivity index (χ2v) is 5.77. The first-order valence-electron chi connectivity index (χ1n) is 8.38. The summed E-state index contributed by atoms with van der Waals surface area (Å²) in [7, 11) is 0. The zero-order valence-corrected chi connectivity index (χ0v) is 14.8. The van der Waals surface area contributed by atoms with E-state index in [1.54, 1.807) is 0 Å². The molecule has 0 fully saturated rings. The highest BCUT2D eigenvalue weighted by molar-refractivity contribution is 5.94. The Kier molecular flexibility index (Phi) is 7.39. The van der Waals surface area contributed by atoms with Crippen molar-refractivity contribution in [2.75, 3.05) is 25.1 Å². The van der Waals surface area contributed by atoms with Crippen molar-refractivity contribution in [1.29, 1.82) is 0 Å². The number of benzene rings is 2. The zero-order chi connectivity index (χ0) is 20.6. The molecule has 0 atom stereocenters. The molecule has 150 valence electrons. The van der Waals surface area contributed by atoms with Gasteiger partial charge >= 0.3 is 6.18 Å². The number of halogens is 3. The number of ether oxygens (including phenoxy) is 1. The minimum absolute atomic E-state index is 0.0123. The highest BCUT2D eigenvalue weighted by atomic mass is 19.4. The normalized spacial score (nSPS) is 11.0. The minimum Gasteiger partial charge on any atom is -0.484 e. The van der Waals surface area contributed by atoms with Gasteiger partial charge in [0.1, 0.15) is 5.75 Å². The molecule has 0 radical (unpaired) electrons. The summed E-state index contributed by atoms with van der Waals surface area (Å²) in [5, 5.41) is 13.6. The van der Waals surface area contributed by atoms with Gasteiger partial charge in [-0.25, -0.2) is 0 Å². The minimum atomic E-state index is -4.50. The predicted molar refractivity (Wildman–Crippen MR) is 96.0 cm³/mol. The molecule has 0 bridgehead atoms. The number of nitrogens with one attached hydrogen (secondary N) is 2. The van der Waals surface area contributed by atoms with E-state index < -0.39 is 24.3 Å². The van der Waals surface area contributed by atoms with Crippen molar-refractivity contribution < 1.29 is 32.6 Å². The van der Waals surface area contributed by atoms with Crippen molar-refractivity contribution in [3.05, 3.63) is 59.7 Å². The lowest BCUT2D eigenvalue weighted by molar-refractivity contribution is -0.137. The second kappa shape index (κ2) is 9.75. The van der Waals surface area contributed by atoms with Crippen LogP contribution in [0, 0.1) is 0 Å². The van der Waals surface area contributed by atoms with Crippen molar-refractivity contribution in [1.82, 2.24) is 5.32 Å². The van der Waals surface area contributed by atoms with Gasteiger partial charge in [0.15, 0.2) is 6.61 Å². The summed E-state index contributed by atoms with van der Waals surface area (Å²) in [6, 6.07) is 10.3. The van der Waals surface area contributed by atoms with E-state index in [-0.39, 0.29) is 18.2 Å². The van der Waals surface area contributed by atoms with E-state index in [9.17, 15) is 22.8 Å². The van der Waals surface area contributed by atoms with Crippen LogP contribution in [0.5, 0.6) is 5.75 Å². The van der Waals surface area contributed by atoms with Crippen molar-refractivity contribution in [2.45, 2.75) is 12.6 Å². The average molecular weight is 396 g/mol. The van der Waals surface area contributed by atoms with Gasteiger partial charge in [0.25, 0.3) is 11.8 Å². The number of rotatable bonds is 8. The van der Waals surface area contributed by atoms with Crippen molar-refractivity contribution >= 4 is 17.5 Å². The van der Waals surface area contributed by atoms with Gasteiger partial charge in [-0.2, -0.15) is 13.2 Å². The fourth-order valence-electron chi connectivity index (χ4n) is 2.20. The van der Waals surface area contributed by atoms with E-state index in [1.165, 1.54) is 36.4 Å². The summed E-state index contributed by atoms with van der Waals surface area (Å²) in [6.45, 7) is -0.0722. The van der Waals surface area contributed by atoms with Gasteiger partial charge in [0.2, 0.25) is 0 Å². The summed E-state index contributed by atoms with van der Waals surface area (Å²) < 4.78 is 43.3. The molecule has 3 N–H and O–H groups in total. The van der Waals surface area contributed by atoms with Gasteiger partial charge in [-0.1, -0.05) is 6.07 Å². The number of aliphatic hydroxyl groups is 1. The van der Waals surface area contributed by atoms with Crippen LogP contribution in [-0.2, 0) is 11.0 Å². The van der Waals surface area contributed by atoms with E-state index >= 15 is 0 Å². The van der Waals surface area contributed by atoms with Gasteiger partial charge in [0.05, 0.1) is 5.56 Å². The predicted octanol–water partition coefficient (Wildman–Crippen LogP) is 2.84. The highest BCUT2D eigenvalue weighted by Crippen LogP contribution is 2.30. The summed E-state index contributed by atoms with van der Waals surface area (Å²) in [4.78, 5) is 23.7. The lowest BCUT2D eigenvalue weighted by atomic mass is 10.2. The molecule has 2 aromatic rings. The summed E-state index contributed by atoms with van der Waals surface area (Å²) in [5.74, 6) is -0.599. The van der Waals surface area contributed by atoms with Crippen LogP contribution in [0.15, 0.2) is 48.5 Å². The van der Waals surface area contributed by atoms with Crippen molar-refractivity contribution in [3.63, 3.8) is 0 Å². The molecule has 0 unspecified atom stereocenters. The van der Waals surface area contributed by atoms with Crippen LogP contribution >= 0.6 is 0 Å². The van der Waals surface area contributed by atoms with E-state index in [0.717, 1.165) is 12.1 Å². The number of aliphatic hydroxyl groups excluding tert-OH is 1. The molecule has 2 aromatic carbocycles. The standard InChI is InChI=1S/C19H19F3N2O4/c20-19(21,22)14-3-1-4-15(11-14)24-17(26)12-28-16-7-5-13(6-8-16)18(27)23-9-2-10-25/h1,3-8,11,25H,2,9-10,12H2,(H,23,27)(H,24,26). The van der Waals surface area contributed by atoms with Crippen LogP contribution in [0.25, 0.3) is 0 Å². The third-order valence-electron chi connectivity index (χ3n) is 3.58. The number of amides is 2. The Labute approximate surface area is 159 Å². The fraction of sp³-hybridized carbons (Fsp3) is 0.263. The lowest BCUT2D eigenvalue weighted by Crippen LogP contribution is -2.25. The maximum absolute atomic E-state index is 12.7. The second-order valence-electron chi connectivity index (χ2n) is 5.77. The molecule has 9 heteroatoms. The molecule has 0 spiro atoms. The first kappa shape index (κ1) is 21.2. The SMILES string of the molecule is O=C(COc1ccc(C(=O)NCCCO)cc1)Nc1cccc(C(F)(F)F)c1. The molecular formula is C19H19F3N2O4. The molecule has 0 saturated carbocycles. The molecule has 0 aliphatic rings. The van der Waals surface area contributed by atoms with Crippen LogP contribution in [0.4, 0.5) is 18.9 Å². The van der Waals surface area contributed by atoms with E-state index in [4.69, 9.17) is 9.84 Å². The molecule has 0 heterocycles. The van der Waals surface area contributed by atoms with Gasteiger partial charge in [-0.3, -0.25) is 9.59 Å². The van der Waals surface area contributed by atoms with Crippen molar-refractivity contribution in [2.24, 2.45) is 0 Å². The van der Waals surface area contributed by atoms with Crippen molar-refractivity contribution in [3.8, 4) is 5.75 Å². The number of anilines is 1. The Bertz CT molecular complexity index is 808. The monoisotopic (exact) mass is 396 g/mol. The maximum Gasteiger partial charge on any atom is 0.416 e. The topological polar surface area (TPSA) is 87.7 Å². The molecule has 0 aliphatic carbocycles. The molecule has 6 nitrogen and oxygen atoms in total. The fourth-order valence-corrected chi connectivity index (χ4v) is 2.20. The van der Waals surface area contributed by atoms with Crippen LogP contribution in [0.1, 0.15) is 22.3 Å². The lowest BCUT2D eigenvalue weighted by Gasteiger charge is -2.11. The molecule has 0 aliphatic heterocycles. The first-order valence-corrected chi connectivity index (χ1v) is 8.38. The number of carbonyl (C=O) groups is 2. The van der Waals surface area contributed by atoms with Gasteiger partial charge in [0, 0.05) is 24.4 Å². The van der Waals surface area contributed by atoms with Crippen LogP contribution in [-0.4, -0.2) is 36.7 Å². The quantitative estimate of drug-likeness (QED) is 0.599. The maximum atomic E-state index is 12.7. The Hall–Kier alpha value is -3.07. The molecule has 2 rings (SSSR count). The van der Waals surface area contributed by atoms with Crippen LogP contribution < -0.4 is 15.4 Å². The Morgan fingerprint density at radius 2 is 1.79 bits per heavy atom. The smallest absolute Gasteiger partial charge is 0.416 e. The van der Waals surface area contributed by atoms with Gasteiger partial charge in [-0.05, 0) is 48.9 Å². The van der Waals surface area contributed by atoms with E-state index in [1.807, 2.05) is 0 Å². The molecule has 0 aromatic heterocycles. The summed E-state index contributed by atoms with van der Waals surface area (Å²) >= 11 is 0. The first-order chi connectivity index (χ1) is 13.3. The number of hydrogen-bond donors (Lipinski definition) is 3. The number of alkyl halides is 3. The largest absolute Gasteiger partial charge is 0.484 e. The van der Waals surface area contributed by atoms with E-state index in [0.29, 0.717) is 24.3 Å². The third-order valence-corrected chi connectivity index (χ3v) is 3.58. The molecule has 0 saturated heterocycles. The Morgan fingerprint density at radius 3 is 2.43 bits per heavy atom. The van der Waals surface area contributed by atoms with E-state index in [2.05, 4.69) is 10.6 Å². The highest BCUT2D eigenvalue weighted by Gasteiger charge is 2.30. The van der Waals surface area contributed by atoms with Crippen LogP contribution in [0.2, 0.25) is 0 Å². The molecule has 28 heavy (non-hydrogen) atoms. The Morgan fingerprint density at radius 1 is 1.07 bits per heavy atom. The van der Waals surface area contributed by atoms with Gasteiger partial charge < -0.3 is 20.5 Å². The number of carbonyl (C=O) groups excluding carboxylic acids is 2. The average Bonchev–Trinajstić information content (AvgIpc) is 2.66. The van der Waals surface area contributed by atoms with Gasteiger partial charge in [-0.15, -0.1) is 0 Å². The van der Waals surface area contributed by atoms with Crippen LogP contribution in [0.3, 0.4) is 0 Å². The Balaban J connectivity index is 1.85. The molecule has 2 amide bonds.